The summed E-state index contributed by atoms with van der Waals surface area (Å²) in [5, 5.41) is 11.8. The minimum absolute atomic E-state index is 0.0737. The third kappa shape index (κ3) is 4.17. The highest BCUT2D eigenvalue weighted by Crippen LogP contribution is 2.29. The number of hydrogen-bond donors (Lipinski definition) is 2. The van der Waals surface area contributed by atoms with E-state index in [1.165, 1.54) is 24.5 Å². The van der Waals surface area contributed by atoms with Crippen LogP contribution in [0.3, 0.4) is 0 Å². The van der Waals surface area contributed by atoms with Crippen LogP contribution in [0.5, 0.6) is 0 Å². The van der Waals surface area contributed by atoms with Crippen molar-refractivity contribution in [1.29, 1.82) is 0 Å². The van der Waals surface area contributed by atoms with Gasteiger partial charge in [-0.25, -0.2) is 4.79 Å². The molecule has 0 saturated heterocycles. The minimum Gasteiger partial charge on any atom is -0.473 e. The van der Waals surface area contributed by atoms with Gasteiger partial charge in [0.1, 0.15) is 0 Å². The van der Waals surface area contributed by atoms with E-state index in [1.54, 1.807) is 12.1 Å². The SMILES string of the molecule is [N-]=[N+]=C(Cc1ccc(C(=O)Nc2c(Cl)cncc2Cl)cc1)C(=O)O. The molecule has 2 rings (SSSR count). The molecule has 0 aliphatic heterocycles. The third-order valence-corrected chi connectivity index (χ3v) is 3.62. The quantitative estimate of drug-likeness (QED) is 0.481. The molecule has 2 N–H and O–H groups in total. The molecule has 0 radical (unpaired) electrons. The van der Waals surface area contributed by atoms with E-state index < -0.39 is 17.6 Å². The number of hydrogen-bond acceptors (Lipinski definition) is 3. The maximum absolute atomic E-state index is 12.2. The third-order valence-electron chi connectivity index (χ3n) is 3.05. The fraction of sp³-hybridized carbons (Fsp3) is 0.0667. The molecule has 0 atom stereocenters. The number of carboxylic acid groups (broad SMARTS) is 1. The smallest absolute Gasteiger partial charge is 0.414 e. The van der Waals surface area contributed by atoms with Gasteiger partial charge in [-0.3, -0.25) is 9.78 Å². The van der Waals surface area contributed by atoms with Gasteiger partial charge in [-0.15, -0.1) is 0 Å². The van der Waals surface area contributed by atoms with Crippen molar-refractivity contribution in [1.82, 2.24) is 4.98 Å². The molecular formula is C15H10Cl2N4O3. The van der Waals surface area contributed by atoms with E-state index >= 15 is 0 Å². The second kappa shape index (κ2) is 7.70. The highest BCUT2D eigenvalue weighted by atomic mass is 35.5. The number of nitrogens with one attached hydrogen (secondary N) is 1. The molecule has 9 heteroatoms. The molecule has 7 nitrogen and oxygen atoms in total. The highest BCUT2D eigenvalue weighted by molar-refractivity contribution is 6.39. The molecule has 24 heavy (non-hydrogen) atoms. The van der Waals surface area contributed by atoms with E-state index in [0.29, 0.717) is 11.1 Å². The molecule has 1 aromatic heterocycles. The number of rotatable bonds is 5. The predicted molar refractivity (Wildman–Crippen MR) is 88.6 cm³/mol. The van der Waals surface area contributed by atoms with Crippen LogP contribution >= 0.6 is 23.2 Å². The van der Waals surface area contributed by atoms with Gasteiger partial charge in [0.05, 0.1) is 22.2 Å². The van der Waals surface area contributed by atoms with Crippen LogP contribution in [0.1, 0.15) is 15.9 Å². The Hall–Kier alpha value is -2.73. The van der Waals surface area contributed by atoms with Crippen molar-refractivity contribution in [2.24, 2.45) is 0 Å². The Bertz CT molecular complexity index is 826. The van der Waals surface area contributed by atoms with Crippen LogP contribution in [-0.2, 0) is 11.2 Å². The molecule has 0 saturated carbocycles. The first-order valence-electron chi connectivity index (χ1n) is 6.56. The molecule has 2 aromatic rings. The maximum atomic E-state index is 12.2. The first-order valence-corrected chi connectivity index (χ1v) is 7.31. The van der Waals surface area contributed by atoms with Gasteiger partial charge in [0.15, 0.2) is 0 Å². The molecule has 0 aliphatic carbocycles. The van der Waals surface area contributed by atoms with Gasteiger partial charge in [0.25, 0.3) is 5.91 Å². The number of nitrogens with zero attached hydrogens (tertiary/aromatic N) is 3. The Labute approximate surface area is 146 Å². The van der Waals surface area contributed by atoms with Crippen LogP contribution in [0, 0.1) is 0 Å². The second-order valence-corrected chi connectivity index (χ2v) is 5.47. The first kappa shape index (κ1) is 17.6. The second-order valence-electron chi connectivity index (χ2n) is 4.66. The number of carbonyl (C=O) groups is 2. The highest BCUT2D eigenvalue weighted by Gasteiger charge is 2.19. The summed E-state index contributed by atoms with van der Waals surface area (Å²) >= 11 is 11.9. The summed E-state index contributed by atoms with van der Waals surface area (Å²) in [5.74, 6) is -1.76. The summed E-state index contributed by atoms with van der Waals surface area (Å²) in [6, 6.07) is 6.12. The predicted octanol–water partition coefficient (Wildman–Crippen LogP) is 2.94. The van der Waals surface area contributed by atoms with Crippen molar-refractivity contribution in [2.75, 3.05) is 5.32 Å². The Balaban J connectivity index is 2.14. The lowest BCUT2D eigenvalue weighted by atomic mass is 10.1. The van der Waals surface area contributed by atoms with E-state index in [1.807, 2.05) is 0 Å². The normalized spacial score (nSPS) is 9.92. The number of pyridine rings is 1. The fourth-order valence-corrected chi connectivity index (χ4v) is 2.30. The molecule has 0 unspecified atom stereocenters. The zero-order chi connectivity index (χ0) is 17.7. The van der Waals surface area contributed by atoms with Crippen LogP contribution in [0.15, 0.2) is 36.7 Å². The van der Waals surface area contributed by atoms with Crippen molar-refractivity contribution in [3.05, 3.63) is 63.4 Å². The van der Waals surface area contributed by atoms with Crippen molar-refractivity contribution < 1.29 is 19.5 Å². The molecule has 0 bridgehead atoms. The van der Waals surface area contributed by atoms with Gasteiger partial charge in [-0.05, 0) is 17.7 Å². The fourth-order valence-electron chi connectivity index (χ4n) is 1.84. The van der Waals surface area contributed by atoms with Gasteiger partial charge in [0, 0.05) is 18.0 Å². The Kier molecular flexibility index (Phi) is 5.65. The number of aromatic nitrogens is 1. The minimum atomic E-state index is -1.32. The van der Waals surface area contributed by atoms with E-state index in [9.17, 15) is 9.59 Å². The Morgan fingerprint density at radius 2 is 1.75 bits per heavy atom. The van der Waals surface area contributed by atoms with Crippen molar-refractivity contribution in [3.8, 4) is 0 Å². The Morgan fingerprint density at radius 3 is 2.25 bits per heavy atom. The summed E-state index contributed by atoms with van der Waals surface area (Å²) in [4.78, 5) is 29.5. The topological polar surface area (TPSA) is 116 Å². The standard InChI is InChI=1S/C15H10Cl2N4O3/c16-10-6-19-7-11(17)13(10)20-14(22)9-3-1-8(2-4-9)5-12(21-18)15(23)24/h1-4,6-7H,5H2,(H,23,24)(H,19,20,22). The number of benzene rings is 1. The van der Waals surface area contributed by atoms with Gasteiger partial charge in [-0.1, -0.05) is 35.3 Å². The molecular weight excluding hydrogens is 355 g/mol. The number of anilines is 1. The number of aliphatic carboxylic acids is 1. The summed E-state index contributed by atoms with van der Waals surface area (Å²) in [7, 11) is 0. The first-order chi connectivity index (χ1) is 11.4. The van der Waals surface area contributed by atoms with E-state index in [2.05, 4.69) is 15.1 Å². The number of amides is 1. The summed E-state index contributed by atoms with van der Waals surface area (Å²) in [6.07, 6.45) is 2.64. The molecule has 0 aliphatic rings. The van der Waals surface area contributed by atoms with E-state index in [-0.39, 0.29) is 22.2 Å². The molecule has 0 spiro atoms. The zero-order valence-electron chi connectivity index (χ0n) is 12.0. The maximum Gasteiger partial charge on any atom is 0.414 e. The van der Waals surface area contributed by atoms with Crippen molar-refractivity contribution in [2.45, 2.75) is 6.42 Å². The molecule has 1 amide bonds. The van der Waals surface area contributed by atoms with Crippen LogP contribution < -0.4 is 5.32 Å². The summed E-state index contributed by atoms with van der Waals surface area (Å²) < 4.78 is 0. The van der Waals surface area contributed by atoms with Crippen LogP contribution in [0.4, 0.5) is 5.69 Å². The lowest BCUT2D eigenvalue weighted by molar-refractivity contribution is -0.134. The van der Waals surface area contributed by atoms with Gasteiger partial charge >= 0.3 is 11.7 Å². The zero-order valence-corrected chi connectivity index (χ0v) is 13.5. The monoisotopic (exact) mass is 364 g/mol. The molecule has 1 heterocycles. The molecule has 122 valence electrons. The largest absolute Gasteiger partial charge is 0.473 e. The average Bonchev–Trinajstić information content (AvgIpc) is 2.56. The number of carboxylic acids is 1. The molecule has 1 aromatic carbocycles. The number of carbonyl (C=O) groups excluding carboxylic acids is 1. The van der Waals surface area contributed by atoms with E-state index in [0.717, 1.165) is 0 Å². The average molecular weight is 365 g/mol. The van der Waals surface area contributed by atoms with Crippen LogP contribution in [0.2, 0.25) is 10.0 Å². The van der Waals surface area contributed by atoms with Gasteiger partial charge < -0.3 is 16.0 Å². The number of halogens is 2. The summed E-state index contributed by atoms with van der Waals surface area (Å²) in [5.41, 5.74) is 9.37. The van der Waals surface area contributed by atoms with Crippen LogP contribution in [0.25, 0.3) is 5.53 Å². The lowest BCUT2D eigenvalue weighted by Crippen LogP contribution is -2.17. The van der Waals surface area contributed by atoms with E-state index in [4.69, 9.17) is 33.8 Å². The van der Waals surface area contributed by atoms with Gasteiger partial charge in [0.2, 0.25) is 0 Å². The summed E-state index contributed by atoms with van der Waals surface area (Å²) in [6.45, 7) is 0. The van der Waals surface area contributed by atoms with Crippen molar-refractivity contribution >= 4 is 46.5 Å². The lowest BCUT2D eigenvalue weighted by Gasteiger charge is -2.09. The van der Waals surface area contributed by atoms with Crippen molar-refractivity contribution in [3.63, 3.8) is 0 Å². The van der Waals surface area contributed by atoms with Gasteiger partial charge in [-0.2, -0.15) is 4.79 Å². The Morgan fingerprint density at radius 1 is 1.17 bits per heavy atom. The van der Waals surface area contributed by atoms with Crippen LogP contribution in [-0.4, -0.2) is 32.5 Å². The molecule has 0 fully saturated rings.